The summed E-state index contributed by atoms with van der Waals surface area (Å²) in [4.78, 5) is 14.4. The van der Waals surface area contributed by atoms with Crippen molar-refractivity contribution in [3.05, 3.63) is 46.6 Å². The van der Waals surface area contributed by atoms with Crippen LogP contribution in [0.4, 0.5) is 0 Å². The lowest BCUT2D eigenvalue weighted by atomic mass is 9.78. The fourth-order valence-corrected chi connectivity index (χ4v) is 3.93. The molecule has 196 valence electrons. The van der Waals surface area contributed by atoms with Crippen LogP contribution in [0, 0.1) is 39.9 Å². The number of nitrogens with zero attached hydrogens (tertiary/aromatic N) is 3. The van der Waals surface area contributed by atoms with E-state index in [1.165, 1.54) is 45.6 Å². The lowest BCUT2D eigenvalue weighted by Gasteiger charge is -2.41. The zero-order valence-corrected chi connectivity index (χ0v) is 21.6. The Labute approximate surface area is 216 Å². The highest BCUT2D eigenvalue weighted by atomic mass is 16.8. The quantitative estimate of drug-likeness (QED) is 0.393. The third-order valence-corrected chi connectivity index (χ3v) is 6.00. The number of fused-ring (bicyclic) bond motifs is 1. The molecule has 0 saturated carbocycles. The molecular weight excluding hydrogens is 478 g/mol. The number of rotatable bonds is 7. The molecule has 0 amide bonds. The first-order valence-corrected chi connectivity index (χ1v) is 11.8. The molecule has 2 aliphatic rings. The number of cyclic esters (lactones) is 1. The average Bonchev–Trinajstić information content (AvgIpc) is 3.32. The largest absolute Gasteiger partial charge is 0.575 e. The number of carbonyl (C=O) groups is 1. The Morgan fingerprint density at radius 2 is 1.68 bits per heavy atom. The van der Waals surface area contributed by atoms with Crippen molar-refractivity contribution in [1.29, 1.82) is 15.8 Å². The van der Waals surface area contributed by atoms with Crippen molar-refractivity contribution in [1.82, 2.24) is 0 Å². The highest BCUT2D eigenvalue weighted by Gasteiger charge is 2.40. The van der Waals surface area contributed by atoms with Crippen molar-refractivity contribution in [3.63, 3.8) is 0 Å². The third-order valence-electron chi connectivity index (χ3n) is 6.00. The van der Waals surface area contributed by atoms with Crippen LogP contribution in [-0.4, -0.2) is 38.2 Å². The number of hydrogen-bond acceptors (Lipinski definition) is 10. The number of nitrogens with one attached hydrogen (secondary N) is 1. The lowest BCUT2D eigenvalue weighted by molar-refractivity contribution is -0.894. The number of esters is 1. The normalized spacial score (nSPS) is 16.6. The van der Waals surface area contributed by atoms with Gasteiger partial charge in [-0.15, -0.1) is 0 Å². The first kappa shape index (κ1) is 28.8. The van der Waals surface area contributed by atoms with Crippen molar-refractivity contribution in [2.24, 2.45) is 11.7 Å². The molecule has 0 spiro atoms. The molecule has 3 rings (SSSR count). The number of nitriles is 3. The van der Waals surface area contributed by atoms with Gasteiger partial charge in [0.25, 0.3) is 0 Å². The van der Waals surface area contributed by atoms with Gasteiger partial charge in [-0.1, -0.05) is 6.07 Å². The second-order valence-electron chi connectivity index (χ2n) is 8.65. The summed E-state index contributed by atoms with van der Waals surface area (Å²) in [5, 5.41) is 40.8. The smallest absolute Gasteiger partial charge is 0.337 e. The summed E-state index contributed by atoms with van der Waals surface area (Å²) >= 11 is 0. The van der Waals surface area contributed by atoms with E-state index in [1.807, 2.05) is 6.07 Å². The molecule has 2 aliphatic heterocycles. The summed E-state index contributed by atoms with van der Waals surface area (Å²) in [6, 6.07) is 9.64. The monoisotopic (exact) mass is 509 g/mol. The highest BCUT2D eigenvalue weighted by Crippen LogP contribution is 2.43. The molecule has 0 aliphatic carbocycles. The Morgan fingerprint density at radius 3 is 2.16 bits per heavy atom. The van der Waals surface area contributed by atoms with E-state index in [0.717, 1.165) is 0 Å². The molecule has 11 heteroatoms. The van der Waals surface area contributed by atoms with Crippen LogP contribution in [0.3, 0.4) is 0 Å². The fourth-order valence-electron chi connectivity index (χ4n) is 3.93. The van der Waals surface area contributed by atoms with Crippen LogP contribution >= 0.6 is 0 Å². The summed E-state index contributed by atoms with van der Waals surface area (Å²) in [5.74, 6) is -5.44. The van der Waals surface area contributed by atoms with Gasteiger partial charge in [0.05, 0.1) is 48.8 Å². The maximum atomic E-state index is 12.7. The minimum atomic E-state index is -1.49. The molecule has 2 atom stereocenters. The van der Waals surface area contributed by atoms with E-state index in [4.69, 9.17) is 35.2 Å². The average molecular weight is 510 g/mol. The molecule has 0 fully saturated rings. The zero-order chi connectivity index (χ0) is 27.8. The van der Waals surface area contributed by atoms with E-state index < -0.39 is 40.7 Å². The molecule has 0 bridgehead atoms. The Hall–Kier alpha value is -4.40. The van der Waals surface area contributed by atoms with Crippen molar-refractivity contribution in [2.45, 2.75) is 46.3 Å². The first-order valence-electron chi connectivity index (χ1n) is 11.8. The fraction of sp³-hybridized carbons (Fsp3) is 0.462. The van der Waals surface area contributed by atoms with Crippen LogP contribution in [-0.2, 0) is 14.3 Å². The lowest BCUT2D eigenvalue weighted by Crippen LogP contribution is -3.11. The van der Waals surface area contributed by atoms with Gasteiger partial charge in [0, 0.05) is 5.92 Å². The number of nitrogens with two attached hydrogens (primary N) is 1. The maximum absolute atomic E-state index is 12.7. The molecule has 1 aromatic carbocycles. The van der Waals surface area contributed by atoms with Gasteiger partial charge >= 0.3 is 5.97 Å². The number of quaternary nitrogens is 1. The van der Waals surface area contributed by atoms with Gasteiger partial charge in [0.1, 0.15) is 17.7 Å². The van der Waals surface area contributed by atoms with E-state index in [9.17, 15) is 15.2 Å². The SMILES string of the molecule is CC1(C)OC(=O)C(C(c2ccc3c(c2)OCO3)C(C#N)C(N)=C(C#N)C#N)=C([O-])O1.CC[NH+](CC)CC. The summed E-state index contributed by atoms with van der Waals surface area (Å²) < 4.78 is 20.9. The van der Waals surface area contributed by atoms with E-state index in [0.29, 0.717) is 11.5 Å². The molecule has 11 nitrogen and oxygen atoms in total. The van der Waals surface area contributed by atoms with Crippen molar-refractivity contribution in [2.75, 3.05) is 26.4 Å². The Morgan fingerprint density at radius 1 is 1.08 bits per heavy atom. The van der Waals surface area contributed by atoms with Gasteiger partial charge < -0.3 is 34.7 Å². The molecule has 1 aromatic rings. The number of carbonyl (C=O) groups excluding carboxylic acids is 1. The number of hydrogen-bond donors (Lipinski definition) is 2. The molecule has 0 aromatic heterocycles. The zero-order valence-electron chi connectivity index (χ0n) is 21.6. The molecule has 2 unspecified atom stereocenters. The van der Waals surface area contributed by atoms with Gasteiger partial charge in [-0.2, -0.15) is 15.8 Å². The Bertz CT molecular complexity index is 1180. The van der Waals surface area contributed by atoms with E-state index in [-0.39, 0.29) is 18.1 Å². The number of benzene rings is 1. The highest BCUT2D eigenvalue weighted by molar-refractivity contribution is 5.91. The van der Waals surface area contributed by atoms with Crippen LogP contribution in [0.5, 0.6) is 11.5 Å². The molecule has 0 radical (unpaired) electrons. The van der Waals surface area contributed by atoms with E-state index >= 15 is 0 Å². The maximum Gasteiger partial charge on any atom is 0.337 e. The summed E-state index contributed by atoms with van der Waals surface area (Å²) in [6.45, 7) is 13.2. The van der Waals surface area contributed by atoms with Crippen LogP contribution in [0.1, 0.15) is 46.1 Å². The van der Waals surface area contributed by atoms with Crippen LogP contribution in [0.25, 0.3) is 0 Å². The third kappa shape index (κ3) is 6.63. The second kappa shape index (κ2) is 12.5. The van der Waals surface area contributed by atoms with Crippen molar-refractivity contribution in [3.8, 4) is 29.7 Å². The Balaban J connectivity index is 0.000000604. The number of ether oxygens (including phenoxy) is 4. The van der Waals surface area contributed by atoms with Gasteiger partial charge in [-0.05, 0) is 52.3 Å². The van der Waals surface area contributed by atoms with E-state index in [2.05, 4.69) is 20.8 Å². The summed E-state index contributed by atoms with van der Waals surface area (Å²) in [7, 11) is 0. The molecule has 0 saturated heterocycles. The second-order valence-corrected chi connectivity index (χ2v) is 8.65. The van der Waals surface area contributed by atoms with Gasteiger partial charge in [-0.3, -0.25) is 0 Å². The van der Waals surface area contributed by atoms with Crippen molar-refractivity contribution >= 4 is 5.97 Å². The predicted molar refractivity (Wildman–Crippen MR) is 128 cm³/mol. The molecule has 37 heavy (non-hydrogen) atoms. The van der Waals surface area contributed by atoms with Gasteiger partial charge in [0.2, 0.25) is 6.79 Å². The summed E-state index contributed by atoms with van der Waals surface area (Å²) in [5.41, 5.74) is 4.84. The minimum absolute atomic E-state index is 0.0188. The van der Waals surface area contributed by atoms with Crippen LogP contribution in [0.15, 0.2) is 41.0 Å². The van der Waals surface area contributed by atoms with Crippen LogP contribution in [0.2, 0.25) is 0 Å². The minimum Gasteiger partial charge on any atom is -0.575 e. The molecular formula is C26H31N5O6. The Kier molecular flexibility index (Phi) is 9.76. The van der Waals surface area contributed by atoms with Gasteiger partial charge in [0.15, 0.2) is 17.3 Å². The summed E-state index contributed by atoms with van der Waals surface area (Å²) in [6.07, 6.45) is 0. The topological polar surface area (TPSA) is 179 Å². The molecule has 3 N–H and O–H groups in total. The van der Waals surface area contributed by atoms with Crippen LogP contribution < -0.4 is 25.2 Å². The van der Waals surface area contributed by atoms with Gasteiger partial charge in [-0.25, -0.2) is 4.79 Å². The molecule has 2 heterocycles. The van der Waals surface area contributed by atoms with E-state index in [1.54, 1.807) is 23.1 Å². The van der Waals surface area contributed by atoms with Crippen molar-refractivity contribution < 1.29 is 33.7 Å². The first-order chi connectivity index (χ1) is 17.6. The standard InChI is InChI=1S/C20H16N4O6.C6H15N/c1-20(2)29-18(25)16(19(26)30-20)15(12(8-23)17(24)11(6-21)7-22)10-3-4-13-14(5-10)28-9-27-13;1-4-7(5-2)6-3/h3-5,12,15,25H,9,24H2,1-2H3;4-6H2,1-3H3. The predicted octanol–water partition coefficient (Wildman–Crippen LogP) is 0.711. The number of allylic oxidation sites excluding steroid dienone is 2.